The normalized spacial score (nSPS) is 10.0. The van der Waals surface area contributed by atoms with E-state index in [4.69, 9.17) is 9.84 Å². The van der Waals surface area contributed by atoms with E-state index < -0.39 is 0 Å². The molecule has 0 spiro atoms. The van der Waals surface area contributed by atoms with E-state index in [1.165, 1.54) is 0 Å². The monoisotopic (exact) mass is 208 g/mol. The molecule has 0 aliphatic heterocycles. The fourth-order valence-electron chi connectivity index (χ4n) is 1.14. The van der Waals surface area contributed by atoms with Crippen LogP contribution in [0.15, 0.2) is 24.3 Å². The van der Waals surface area contributed by atoms with Gasteiger partial charge < -0.3 is 9.84 Å². The van der Waals surface area contributed by atoms with Crippen molar-refractivity contribution < 1.29 is 14.6 Å². The van der Waals surface area contributed by atoms with Crippen molar-refractivity contribution in [3.8, 4) is 0 Å². The van der Waals surface area contributed by atoms with Crippen LogP contribution in [0.5, 0.6) is 0 Å². The molecule has 0 radical (unpaired) electrons. The Morgan fingerprint density at radius 2 is 2.00 bits per heavy atom. The number of aliphatic hydroxyl groups is 1. The third-order valence-corrected chi connectivity index (χ3v) is 2.10. The van der Waals surface area contributed by atoms with E-state index in [-0.39, 0.29) is 12.6 Å². The molecule has 0 aliphatic carbocycles. The predicted octanol–water partition coefficient (Wildman–Crippen LogP) is 2.14. The van der Waals surface area contributed by atoms with Gasteiger partial charge in [0.25, 0.3) is 0 Å². The summed E-state index contributed by atoms with van der Waals surface area (Å²) in [7, 11) is 0. The van der Waals surface area contributed by atoms with Crippen LogP contribution in [-0.4, -0.2) is 17.7 Å². The summed E-state index contributed by atoms with van der Waals surface area (Å²) in [5.74, 6) is -0.298. The average Bonchev–Trinajstić information content (AvgIpc) is 2.29. The average molecular weight is 208 g/mol. The molecule has 0 bridgehead atoms. The molecule has 3 heteroatoms. The van der Waals surface area contributed by atoms with E-state index in [1.54, 1.807) is 24.3 Å². The van der Waals surface area contributed by atoms with Crippen LogP contribution in [-0.2, 0) is 11.3 Å². The van der Waals surface area contributed by atoms with E-state index in [0.717, 1.165) is 18.4 Å². The van der Waals surface area contributed by atoms with Crippen LogP contribution >= 0.6 is 0 Å². The first-order valence-corrected chi connectivity index (χ1v) is 5.15. The highest BCUT2D eigenvalue weighted by Gasteiger charge is 2.05. The van der Waals surface area contributed by atoms with Gasteiger partial charge in [-0.15, -0.1) is 0 Å². The van der Waals surface area contributed by atoms with Crippen LogP contribution in [0.2, 0.25) is 0 Å². The highest BCUT2D eigenvalue weighted by Crippen LogP contribution is 2.06. The van der Waals surface area contributed by atoms with Gasteiger partial charge in [-0.05, 0) is 24.1 Å². The van der Waals surface area contributed by atoms with Crippen molar-refractivity contribution in [1.82, 2.24) is 0 Å². The molecule has 1 aromatic carbocycles. The van der Waals surface area contributed by atoms with Crippen molar-refractivity contribution in [2.45, 2.75) is 26.4 Å². The molecule has 15 heavy (non-hydrogen) atoms. The van der Waals surface area contributed by atoms with Gasteiger partial charge in [-0.1, -0.05) is 25.5 Å². The standard InChI is InChI=1S/C12H16O3/c1-2-3-8-15-12(14)11-6-4-10(9-13)5-7-11/h4-7,13H,2-3,8-9H2,1H3. The molecule has 82 valence electrons. The van der Waals surface area contributed by atoms with Crippen LogP contribution < -0.4 is 0 Å². The number of esters is 1. The second kappa shape index (κ2) is 6.19. The lowest BCUT2D eigenvalue weighted by atomic mass is 10.1. The molecule has 0 saturated heterocycles. The summed E-state index contributed by atoms with van der Waals surface area (Å²) >= 11 is 0. The summed E-state index contributed by atoms with van der Waals surface area (Å²) < 4.78 is 5.04. The molecule has 0 heterocycles. The van der Waals surface area contributed by atoms with E-state index in [0.29, 0.717) is 12.2 Å². The summed E-state index contributed by atoms with van der Waals surface area (Å²) in [5, 5.41) is 8.82. The lowest BCUT2D eigenvalue weighted by Gasteiger charge is -2.04. The highest BCUT2D eigenvalue weighted by molar-refractivity contribution is 5.89. The van der Waals surface area contributed by atoms with Gasteiger partial charge in [0.05, 0.1) is 18.8 Å². The van der Waals surface area contributed by atoms with Crippen LogP contribution in [0, 0.1) is 0 Å². The molecule has 0 saturated carbocycles. The van der Waals surface area contributed by atoms with Crippen LogP contribution in [0.3, 0.4) is 0 Å². The predicted molar refractivity (Wildman–Crippen MR) is 57.6 cm³/mol. The number of unbranched alkanes of at least 4 members (excludes halogenated alkanes) is 1. The first kappa shape index (κ1) is 11.7. The van der Waals surface area contributed by atoms with Gasteiger partial charge >= 0.3 is 5.97 Å². The van der Waals surface area contributed by atoms with Gasteiger partial charge in [0.15, 0.2) is 0 Å². The maximum absolute atomic E-state index is 11.4. The van der Waals surface area contributed by atoms with Gasteiger partial charge in [-0.3, -0.25) is 0 Å². The second-order valence-electron chi connectivity index (χ2n) is 3.34. The summed E-state index contributed by atoms with van der Waals surface area (Å²) in [6.07, 6.45) is 1.90. The van der Waals surface area contributed by atoms with Crippen molar-refractivity contribution >= 4 is 5.97 Å². The minimum Gasteiger partial charge on any atom is -0.462 e. The third-order valence-electron chi connectivity index (χ3n) is 2.10. The van der Waals surface area contributed by atoms with E-state index in [1.807, 2.05) is 6.92 Å². The quantitative estimate of drug-likeness (QED) is 0.595. The molecule has 0 atom stereocenters. The van der Waals surface area contributed by atoms with Gasteiger partial charge in [0.1, 0.15) is 0 Å². The Labute approximate surface area is 89.7 Å². The zero-order valence-corrected chi connectivity index (χ0v) is 8.90. The highest BCUT2D eigenvalue weighted by atomic mass is 16.5. The van der Waals surface area contributed by atoms with Crippen LogP contribution in [0.1, 0.15) is 35.7 Å². The lowest BCUT2D eigenvalue weighted by molar-refractivity contribution is 0.0499. The van der Waals surface area contributed by atoms with Crippen molar-refractivity contribution in [2.24, 2.45) is 0 Å². The Hall–Kier alpha value is -1.35. The maximum atomic E-state index is 11.4. The van der Waals surface area contributed by atoms with Gasteiger partial charge in [0.2, 0.25) is 0 Å². The Balaban J connectivity index is 2.50. The van der Waals surface area contributed by atoms with Gasteiger partial charge in [0, 0.05) is 0 Å². The molecule has 1 rings (SSSR count). The number of hydrogen-bond donors (Lipinski definition) is 1. The number of ether oxygens (including phenoxy) is 1. The second-order valence-corrected chi connectivity index (χ2v) is 3.34. The fraction of sp³-hybridized carbons (Fsp3) is 0.417. The van der Waals surface area contributed by atoms with Crippen LogP contribution in [0.4, 0.5) is 0 Å². The molecule has 0 aliphatic rings. The molecular formula is C12H16O3. The minimum atomic E-state index is -0.298. The van der Waals surface area contributed by atoms with Gasteiger partial charge in [-0.25, -0.2) is 4.79 Å². The van der Waals surface area contributed by atoms with Crippen molar-refractivity contribution in [2.75, 3.05) is 6.61 Å². The largest absolute Gasteiger partial charge is 0.462 e. The Bertz CT molecular complexity index is 303. The summed E-state index contributed by atoms with van der Waals surface area (Å²) in [6.45, 7) is 2.51. The molecule has 0 aromatic heterocycles. The number of benzene rings is 1. The maximum Gasteiger partial charge on any atom is 0.338 e. The molecule has 1 aromatic rings. The zero-order chi connectivity index (χ0) is 11.1. The van der Waals surface area contributed by atoms with E-state index >= 15 is 0 Å². The molecule has 0 amide bonds. The van der Waals surface area contributed by atoms with Crippen LogP contribution in [0.25, 0.3) is 0 Å². The topological polar surface area (TPSA) is 46.5 Å². The molecular weight excluding hydrogens is 192 g/mol. The molecule has 0 fully saturated rings. The first-order valence-electron chi connectivity index (χ1n) is 5.15. The minimum absolute atomic E-state index is 0.00877. The molecule has 3 nitrogen and oxygen atoms in total. The SMILES string of the molecule is CCCCOC(=O)c1ccc(CO)cc1. The van der Waals surface area contributed by atoms with Crippen molar-refractivity contribution in [3.63, 3.8) is 0 Å². The molecule has 0 unspecified atom stereocenters. The summed E-state index contributed by atoms with van der Waals surface area (Å²) in [4.78, 5) is 11.4. The number of aliphatic hydroxyl groups excluding tert-OH is 1. The number of carbonyl (C=O) groups excluding carboxylic acids is 1. The number of carbonyl (C=O) groups is 1. The Morgan fingerprint density at radius 1 is 1.33 bits per heavy atom. The Kier molecular flexibility index (Phi) is 4.84. The van der Waals surface area contributed by atoms with Gasteiger partial charge in [-0.2, -0.15) is 0 Å². The van der Waals surface area contributed by atoms with Crippen molar-refractivity contribution in [3.05, 3.63) is 35.4 Å². The zero-order valence-electron chi connectivity index (χ0n) is 8.90. The summed E-state index contributed by atoms with van der Waals surface area (Å²) in [5.41, 5.74) is 1.32. The third kappa shape index (κ3) is 3.72. The van der Waals surface area contributed by atoms with Crippen molar-refractivity contribution in [1.29, 1.82) is 0 Å². The first-order chi connectivity index (χ1) is 7.27. The smallest absolute Gasteiger partial charge is 0.338 e. The Morgan fingerprint density at radius 3 is 2.53 bits per heavy atom. The fourth-order valence-corrected chi connectivity index (χ4v) is 1.14. The number of hydrogen-bond acceptors (Lipinski definition) is 3. The summed E-state index contributed by atoms with van der Waals surface area (Å²) in [6, 6.07) is 6.77. The number of rotatable bonds is 5. The molecule has 1 N–H and O–H groups in total. The van der Waals surface area contributed by atoms with E-state index in [2.05, 4.69) is 0 Å². The lowest BCUT2D eigenvalue weighted by Crippen LogP contribution is -2.06. The van der Waals surface area contributed by atoms with E-state index in [9.17, 15) is 4.79 Å².